The Hall–Kier alpha value is -2.53. The number of carbonyl (C=O) groups excluding carboxylic acids is 2. The van der Waals surface area contributed by atoms with Gasteiger partial charge in [0, 0.05) is 0 Å². The fourth-order valence-electron chi connectivity index (χ4n) is 2.46. The summed E-state index contributed by atoms with van der Waals surface area (Å²) in [4.78, 5) is 25.3. The molecule has 1 atom stereocenters. The highest BCUT2D eigenvalue weighted by Crippen LogP contribution is 2.22. The van der Waals surface area contributed by atoms with Crippen LogP contribution < -0.4 is 15.4 Å². The molecular formula is C20H23ClN2O3. The molecule has 0 aliphatic rings. The second-order valence-corrected chi connectivity index (χ2v) is 6.50. The van der Waals surface area contributed by atoms with Crippen LogP contribution in [0.2, 0.25) is 5.02 Å². The largest absolute Gasteiger partial charge is 0.493 e. The number of anilines is 1. The quantitative estimate of drug-likeness (QED) is 0.765. The van der Waals surface area contributed by atoms with Crippen LogP contribution in [0.4, 0.5) is 5.69 Å². The van der Waals surface area contributed by atoms with Gasteiger partial charge >= 0.3 is 0 Å². The molecule has 0 bridgehead atoms. The van der Waals surface area contributed by atoms with E-state index in [-0.39, 0.29) is 17.7 Å². The summed E-state index contributed by atoms with van der Waals surface area (Å²) in [6.07, 6.45) is 0. The van der Waals surface area contributed by atoms with Gasteiger partial charge in [-0.1, -0.05) is 49.7 Å². The van der Waals surface area contributed by atoms with Gasteiger partial charge in [0.05, 0.1) is 22.9 Å². The third-order valence-electron chi connectivity index (χ3n) is 3.80. The average molecular weight is 375 g/mol. The summed E-state index contributed by atoms with van der Waals surface area (Å²) in [5, 5.41) is 6.01. The molecule has 0 aliphatic carbocycles. The van der Waals surface area contributed by atoms with Crippen LogP contribution in [0, 0.1) is 5.92 Å². The summed E-state index contributed by atoms with van der Waals surface area (Å²) in [6.45, 7) is 6.03. The summed E-state index contributed by atoms with van der Waals surface area (Å²) in [5.41, 5.74) is 0.902. The van der Waals surface area contributed by atoms with Crippen LogP contribution in [-0.4, -0.2) is 24.5 Å². The number of halogens is 1. The topological polar surface area (TPSA) is 67.4 Å². The Balaban J connectivity index is 2.16. The molecule has 0 fully saturated rings. The van der Waals surface area contributed by atoms with Crippen molar-refractivity contribution in [3.8, 4) is 5.75 Å². The zero-order valence-corrected chi connectivity index (χ0v) is 15.8. The number of carbonyl (C=O) groups is 2. The number of para-hydroxylation sites is 2. The van der Waals surface area contributed by atoms with E-state index < -0.39 is 6.04 Å². The second kappa shape index (κ2) is 9.25. The molecule has 0 saturated heterocycles. The standard InChI is InChI=1S/C20H23ClN2O3/c1-4-26-17-12-8-5-9-14(17)19(24)23-18(13(2)3)20(25)22-16-11-7-6-10-15(16)21/h5-13,18H,4H2,1-3H3,(H,22,25)(H,23,24). The molecule has 0 aliphatic heterocycles. The Morgan fingerprint density at radius 2 is 1.73 bits per heavy atom. The molecule has 26 heavy (non-hydrogen) atoms. The van der Waals surface area contributed by atoms with Gasteiger partial charge in [-0.2, -0.15) is 0 Å². The Morgan fingerprint density at radius 1 is 1.08 bits per heavy atom. The van der Waals surface area contributed by atoms with E-state index in [1.807, 2.05) is 20.8 Å². The number of ether oxygens (including phenoxy) is 1. The van der Waals surface area contributed by atoms with Crippen LogP contribution >= 0.6 is 11.6 Å². The van der Waals surface area contributed by atoms with Crippen molar-refractivity contribution in [1.82, 2.24) is 5.32 Å². The molecule has 6 heteroatoms. The van der Waals surface area contributed by atoms with Gasteiger partial charge in [0.1, 0.15) is 11.8 Å². The van der Waals surface area contributed by atoms with Gasteiger partial charge in [0.15, 0.2) is 0 Å². The van der Waals surface area contributed by atoms with E-state index in [1.165, 1.54) is 0 Å². The van der Waals surface area contributed by atoms with Gasteiger partial charge in [0.25, 0.3) is 5.91 Å². The lowest BCUT2D eigenvalue weighted by Gasteiger charge is -2.22. The number of nitrogens with one attached hydrogen (secondary N) is 2. The van der Waals surface area contributed by atoms with Crippen LogP contribution in [-0.2, 0) is 4.79 Å². The predicted octanol–water partition coefficient (Wildman–Crippen LogP) is 4.13. The third-order valence-corrected chi connectivity index (χ3v) is 4.13. The SMILES string of the molecule is CCOc1ccccc1C(=O)NC(C(=O)Nc1ccccc1Cl)C(C)C. The normalized spacial score (nSPS) is 11.7. The Morgan fingerprint density at radius 3 is 2.38 bits per heavy atom. The third kappa shape index (κ3) is 4.99. The molecule has 2 aromatic rings. The molecule has 2 aromatic carbocycles. The van der Waals surface area contributed by atoms with Crippen LogP contribution in [0.15, 0.2) is 48.5 Å². The highest BCUT2D eigenvalue weighted by Gasteiger charge is 2.26. The minimum atomic E-state index is -0.714. The summed E-state index contributed by atoms with van der Waals surface area (Å²) in [7, 11) is 0. The lowest BCUT2D eigenvalue weighted by atomic mass is 10.0. The molecule has 5 nitrogen and oxygen atoms in total. The Bertz CT molecular complexity index is 777. The maximum absolute atomic E-state index is 12.7. The van der Waals surface area contributed by atoms with E-state index in [2.05, 4.69) is 10.6 Å². The van der Waals surface area contributed by atoms with Crippen molar-refractivity contribution in [2.45, 2.75) is 26.8 Å². The Kier molecular flexibility index (Phi) is 7.04. The first-order valence-corrected chi connectivity index (χ1v) is 8.90. The first-order chi connectivity index (χ1) is 12.4. The van der Waals surface area contributed by atoms with Crippen molar-refractivity contribution in [2.24, 2.45) is 5.92 Å². The summed E-state index contributed by atoms with van der Waals surface area (Å²) in [6, 6.07) is 13.2. The number of hydrogen-bond donors (Lipinski definition) is 2. The van der Waals surface area contributed by atoms with Crippen molar-refractivity contribution in [1.29, 1.82) is 0 Å². The highest BCUT2D eigenvalue weighted by atomic mass is 35.5. The van der Waals surface area contributed by atoms with Crippen LogP contribution in [0.1, 0.15) is 31.1 Å². The van der Waals surface area contributed by atoms with Crippen LogP contribution in [0.5, 0.6) is 5.75 Å². The minimum absolute atomic E-state index is 0.110. The molecule has 0 saturated carbocycles. The van der Waals surface area contributed by atoms with Gasteiger partial charge in [-0.15, -0.1) is 0 Å². The molecule has 138 valence electrons. The first kappa shape index (κ1) is 19.8. The van der Waals surface area contributed by atoms with Crippen molar-refractivity contribution >= 4 is 29.1 Å². The van der Waals surface area contributed by atoms with E-state index in [0.29, 0.717) is 28.6 Å². The van der Waals surface area contributed by atoms with E-state index in [9.17, 15) is 9.59 Å². The smallest absolute Gasteiger partial charge is 0.255 e. The molecule has 0 heterocycles. The monoisotopic (exact) mass is 374 g/mol. The molecule has 2 N–H and O–H groups in total. The van der Waals surface area contributed by atoms with E-state index in [0.717, 1.165) is 0 Å². The second-order valence-electron chi connectivity index (χ2n) is 6.09. The molecule has 0 aromatic heterocycles. The lowest BCUT2D eigenvalue weighted by molar-refractivity contribution is -0.118. The zero-order valence-electron chi connectivity index (χ0n) is 15.1. The molecule has 2 rings (SSSR count). The number of hydrogen-bond acceptors (Lipinski definition) is 3. The molecule has 2 amide bonds. The molecule has 1 unspecified atom stereocenters. The first-order valence-electron chi connectivity index (χ1n) is 8.52. The lowest BCUT2D eigenvalue weighted by Crippen LogP contribution is -2.47. The fourth-order valence-corrected chi connectivity index (χ4v) is 2.65. The summed E-state index contributed by atoms with van der Waals surface area (Å²) >= 11 is 6.09. The van der Waals surface area contributed by atoms with Gasteiger partial charge in [-0.3, -0.25) is 9.59 Å². The van der Waals surface area contributed by atoms with Gasteiger partial charge < -0.3 is 15.4 Å². The summed E-state index contributed by atoms with van der Waals surface area (Å²) < 4.78 is 5.49. The number of rotatable bonds is 7. The van der Waals surface area contributed by atoms with Crippen molar-refractivity contribution in [2.75, 3.05) is 11.9 Å². The van der Waals surface area contributed by atoms with Crippen LogP contribution in [0.25, 0.3) is 0 Å². The van der Waals surface area contributed by atoms with Crippen molar-refractivity contribution < 1.29 is 14.3 Å². The molecule has 0 spiro atoms. The minimum Gasteiger partial charge on any atom is -0.493 e. The maximum Gasteiger partial charge on any atom is 0.255 e. The predicted molar refractivity (Wildman–Crippen MR) is 104 cm³/mol. The van der Waals surface area contributed by atoms with E-state index in [1.54, 1.807) is 48.5 Å². The highest BCUT2D eigenvalue weighted by molar-refractivity contribution is 6.33. The van der Waals surface area contributed by atoms with E-state index in [4.69, 9.17) is 16.3 Å². The van der Waals surface area contributed by atoms with Gasteiger partial charge in [0.2, 0.25) is 5.91 Å². The van der Waals surface area contributed by atoms with Gasteiger partial charge in [-0.25, -0.2) is 0 Å². The van der Waals surface area contributed by atoms with Crippen LogP contribution in [0.3, 0.4) is 0 Å². The molecular weight excluding hydrogens is 352 g/mol. The van der Waals surface area contributed by atoms with Crippen molar-refractivity contribution in [3.63, 3.8) is 0 Å². The number of benzene rings is 2. The Labute approximate surface area is 158 Å². The number of amides is 2. The van der Waals surface area contributed by atoms with E-state index >= 15 is 0 Å². The maximum atomic E-state index is 12.7. The zero-order chi connectivity index (χ0) is 19.1. The summed E-state index contributed by atoms with van der Waals surface area (Å²) in [5.74, 6) is -0.306. The average Bonchev–Trinajstić information content (AvgIpc) is 2.61. The van der Waals surface area contributed by atoms with Gasteiger partial charge in [-0.05, 0) is 37.1 Å². The fraction of sp³-hybridized carbons (Fsp3) is 0.300. The molecule has 0 radical (unpaired) electrons. The van der Waals surface area contributed by atoms with Crippen molar-refractivity contribution in [3.05, 3.63) is 59.1 Å².